The van der Waals surface area contributed by atoms with E-state index < -0.39 is 35.4 Å². The second-order valence-corrected chi connectivity index (χ2v) is 10.9. The summed E-state index contributed by atoms with van der Waals surface area (Å²) in [5, 5.41) is 25.7. The number of hydrogen-bond acceptors (Lipinski definition) is 7. The van der Waals surface area contributed by atoms with E-state index in [4.69, 9.17) is 0 Å². The highest BCUT2D eigenvalue weighted by atomic mass is 32.1. The van der Waals surface area contributed by atoms with Crippen LogP contribution in [0.15, 0.2) is 23.7 Å². The van der Waals surface area contributed by atoms with Crippen molar-refractivity contribution in [1.82, 2.24) is 20.5 Å². The predicted molar refractivity (Wildman–Crippen MR) is 133 cm³/mol. The zero-order chi connectivity index (χ0) is 25.9. The molecule has 1 saturated heterocycles. The first-order chi connectivity index (χ1) is 16.4. The van der Waals surface area contributed by atoms with Gasteiger partial charge in [-0.25, -0.2) is 4.98 Å². The van der Waals surface area contributed by atoms with Gasteiger partial charge in [0.15, 0.2) is 0 Å². The van der Waals surface area contributed by atoms with Crippen LogP contribution in [0.2, 0.25) is 0 Å². The number of aromatic nitrogens is 1. The van der Waals surface area contributed by atoms with Crippen LogP contribution in [0.4, 0.5) is 0 Å². The average molecular weight is 503 g/mol. The number of carbonyl (C=O) groups excluding carboxylic acids is 3. The number of benzene rings is 1. The van der Waals surface area contributed by atoms with Gasteiger partial charge in [0.05, 0.1) is 28.8 Å². The minimum absolute atomic E-state index is 0.0217. The first-order valence-electron chi connectivity index (χ1n) is 11.6. The van der Waals surface area contributed by atoms with Gasteiger partial charge < -0.3 is 25.7 Å². The Bertz CT molecular complexity index is 1090. The summed E-state index contributed by atoms with van der Waals surface area (Å²) in [7, 11) is 0. The Hall–Kier alpha value is -2.82. The summed E-state index contributed by atoms with van der Waals surface area (Å²) >= 11 is 1.52. The highest BCUT2D eigenvalue weighted by Gasteiger charge is 2.44. The lowest BCUT2D eigenvalue weighted by molar-refractivity contribution is -0.143. The number of likely N-dealkylation sites (tertiary alicyclic amines) is 1. The Morgan fingerprint density at radius 2 is 1.97 bits per heavy atom. The normalized spacial score (nSPS) is 18.9. The SMILES string of the molecule is CC(=O)N[C@H](C(=O)N1C[C@H](O)C[C@H]1C(=O)NCc1ccc(-c2scnc2C)cc1CO)C(C)(C)C. The Labute approximate surface area is 209 Å². The molecule has 0 saturated carbocycles. The number of thiazole rings is 1. The number of rotatable bonds is 7. The fraction of sp³-hybridized carbons (Fsp3) is 0.520. The van der Waals surface area contributed by atoms with E-state index in [1.54, 1.807) is 5.51 Å². The van der Waals surface area contributed by atoms with Crippen LogP contribution in [-0.2, 0) is 27.5 Å². The molecule has 1 aliphatic rings. The molecule has 190 valence electrons. The smallest absolute Gasteiger partial charge is 0.246 e. The molecule has 2 heterocycles. The molecule has 4 N–H and O–H groups in total. The molecule has 0 bridgehead atoms. The number of amides is 3. The average Bonchev–Trinajstić information content (AvgIpc) is 3.39. The third kappa shape index (κ3) is 6.25. The molecular formula is C25H34N4O5S. The van der Waals surface area contributed by atoms with Crippen LogP contribution in [-0.4, -0.2) is 62.6 Å². The lowest BCUT2D eigenvalue weighted by atomic mass is 9.85. The zero-order valence-electron chi connectivity index (χ0n) is 20.8. The predicted octanol–water partition coefficient (Wildman–Crippen LogP) is 1.74. The summed E-state index contributed by atoms with van der Waals surface area (Å²) in [5.74, 6) is -1.13. The maximum Gasteiger partial charge on any atom is 0.246 e. The summed E-state index contributed by atoms with van der Waals surface area (Å²) < 4.78 is 0. The van der Waals surface area contributed by atoms with Crippen molar-refractivity contribution in [3.8, 4) is 10.4 Å². The number of β-amino-alcohol motifs (C(OH)–C–C–N with tert-alkyl or cyclic N) is 1. The van der Waals surface area contributed by atoms with Gasteiger partial charge in [-0.15, -0.1) is 11.3 Å². The molecule has 0 unspecified atom stereocenters. The van der Waals surface area contributed by atoms with Crippen LogP contribution < -0.4 is 10.6 Å². The number of nitrogens with one attached hydrogen (secondary N) is 2. The van der Waals surface area contributed by atoms with Crippen LogP contribution in [0.5, 0.6) is 0 Å². The maximum absolute atomic E-state index is 13.3. The number of hydrogen-bond donors (Lipinski definition) is 4. The van der Waals surface area contributed by atoms with Gasteiger partial charge in [-0.3, -0.25) is 14.4 Å². The van der Waals surface area contributed by atoms with Gasteiger partial charge in [-0.1, -0.05) is 32.9 Å². The number of nitrogens with zero attached hydrogens (tertiary/aromatic N) is 2. The molecule has 0 spiro atoms. The third-order valence-electron chi connectivity index (χ3n) is 6.16. The number of carbonyl (C=O) groups is 3. The molecule has 1 aromatic heterocycles. The largest absolute Gasteiger partial charge is 0.392 e. The fourth-order valence-electron chi connectivity index (χ4n) is 4.29. The Balaban J connectivity index is 1.74. The van der Waals surface area contributed by atoms with E-state index in [2.05, 4.69) is 15.6 Å². The van der Waals surface area contributed by atoms with Crippen molar-refractivity contribution < 1.29 is 24.6 Å². The second-order valence-electron chi connectivity index (χ2n) is 10.0. The van der Waals surface area contributed by atoms with Crippen LogP contribution in [0.3, 0.4) is 0 Å². The van der Waals surface area contributed by atoms with Crippen molar-refractivity contribution >= 4 is 29.1 Å². The molecule has 1 fully saturated rings. The van der Waals surface area contributed by atoms with Gasteiger partial charge in [0, 0.05) is 26.4 Å². The maximum atomic E-state index is 13.3. The van der Waals surface area contributed by atoms with Crippen LogP contribution >= 0.6 is 11.3 Å². The second kappa shape index (κ2) is 10.8. The monoisotopic (exact) mass is 502 g/mol. The van der Waals surface area contributed by atoms with E-state index in [1.165, 1.54) is 23.2 Å². The fourth-order valence-corrected chi connectivity index (χ4v) is 5.09. The summed E-state index contributed by atoms with van der Waals surface area (Å²) in [4.78, 5) is 44.8. The first-order valence-corrected chi connectivity index (χ1v) is 12.5. The Kier molecular flexibility index (Phi) is 8.30. The van der Waals surface area contributed by atoms with E-state index in [0.717, 1.165) is 21.7 Å². The van der Waals surface area contributed by atoms with Gasteiger partial charge in [-0.05, 0) is 35.1 Å². The number of aliphatic hydroxyl groups is 2. The van der Waals surface area contributed by atoms with Crippen LogP contribution in [0.1, 0.15) is 50.9 Å². The van der Waals surface area contributed by atoms with Gasteiger partial charge in [0.25, 0.3) is 0 Å². The molecule has 3 atom stereocenters. The summed E-state index contributed by atoms with van der Waals surface area (Å²) in [6.45, 7) is 8.77. The topological polar surface area (TPSA) is 132 Å². The molecule has 1 aliphatic heterocycles. The standard InChI is InChI=1S/C25H34N4O5S/c1-14-21(35-13-27-14)16-6-7-17(18(8-16)12-30)10-26-23(33)20-9-19(32)11-29(20)24(34)22(25(3,4)5)28-15(2)31/h6-8,13,19-20,22,30,32H,9-12H2,1-5H3,(H,26,33)(H,28,31)/t19-,20+,22-/m1/s1. The summed E-state index contributed by atoms with van der Waals surface area (Å²) in [5.41, 5.74) is 4.51. The van der Waals surface area contributed by atoms with Crippen LogP contribution in [0, 0.1) is 12.3 Å². The molecule has 0 radical (unpaired) electrons. The minimum atomic E-state index is -0.854. The molecular weight excluding hydrogens is 468 g/mol. The van der Waals surface area contributed by atoms with Crippen molar-refractivity contribution in [2.24, 2.45) is 5.41 Å². The van der Waals surface area contributed by atoms with E-state index >= 15 is 0 Å². The molecule has 1 aromatic carbocycles. The number of aryl methyl sites for hydroxylation is 1. The highest BCUT2D eigenvalue weighted by molar-refractivity contribution is 7.13. The Morgan fingerprint density at radius 3 is 2.54 bits per heavy atom. The van der Waals surface area contributed by atoms with E-state index in [0.29, 0.717) is 5.56 Å². The van der Waals surface area contributed by atoms with Gasteiger partial charge in [0.2, 0.25) is 17.7 Å². The van der Waals surface area contributed by atoms with Gasteiger partial charge >= 0.3 is 0 Å². The lowest BCUT2D eigenvalue weighted by Crippen LogP contribution is -2.57. The third-order valence-corrected chi connectivity index (χ3v) is 7.14. The van der Waals surface area contributed by atoms with Crippen molar-refractivity contribution in [2.45, 2.75) is 72.4 Å². The van der Waals surface area contributed by atoms with Gasteiger partial charge in [0.1, 0.15) is 12.1 Å². The van der Waals surface area contributed by atoms with Crippen LogP contribution in [0.25, 0.3) is 10.4 Å². The molecule has 2 aromatic rings. The molecule has 10 heteroatoms. The highest BCUT2D eigenvalue weighted by Crippen LogP contribution is 2.29. The van der Waals surface area contributed by atoms with Crippen molar-refractivity contribution in [1.29, 1.82) is 0 Å². The van der Waals surface area contributed by atoms with E-state index in [1.807, 2.05) is 45.9 Å². The number of aliphatic hydroxyl groups excluding tert-OH is 2. The summed E-state index contributed by atoms with van der Waals surface area (Å²) in [6.07, 6.45) is -0.715. The molecule has 35 heavy (non-hydrogen) atoms. The molecule has 3 amide bonds. The zero-order valence-corrected chi connectivity index (χ0v) is 21.6. The Morgan fingerprint density at radius 1 is 1.26 bits per heavy atom. The van der Waals surface area contributed by atoms with Gasteiger partial charge in [-0.2, -0.15) is 0 Å². The molecule has 9 nitrogen and oxygen atoms in total. The van der Waals surface area contributed by atoms with E-state index in [-0.39, 0.29) is 32.0 Å². The lowest BCUT2D eigenvalue weighted by Gasteiger charge is -2.35. The van der Waals surface area contributed by atoms with E-state index in [9.17, 15) is 24.6 Å². The van der Waals surface area contributed by atoms with Crippen molar-refractivity contribution in [3.63, 3.8) is 0 Å². The minimum Gasteiger partial charge on any atom is -0.392 e. The molecule has 0 aliphatic carbocycles. The van der Waals surface area contributed by atoms with Crippen molar-refractivity contribution in [2.75, 3.05) is 6.54 Å². The summed E-state index contributed by atoms with van der Waals surface area (Å²) in [6, 6.07) is 3.99. The van der Waals surface area contributed by atoms with Crippen molar-refractivity contribution in [3.05, 3.63) is 40.5 Å². The quantitative estimate of drug-likeness (QED) is 0.456. The molecule has 3 rings (SSSR count). The first kappa shape index (κ1) is 26.8.